The fourth-order valence-electron chi connectivity index (χ4n) is 1.61. The van der Waals surface area contributed by atoms with E-state index in [0.717, 1.165) is 5.69 Å². The van der Waals surface area contributed by atoms with Crippen molar-refractivity contribution in [2.24, 2.45) is 7.05 Å². The fourth-order valence-corrected chi connectivity index (χ4v) is 2.13. The second-order valence-electron chi connectivity index (χ2n) is 3.89. The highest BCUT2D eigenvalue weighted by atomic mass is 79.9. The number of nitrogens with zero attached hydrogens (tertiary/aromatic N) is 2. The van der Waals surface area contributed by atoms with E-state index < -0.39 is 11.8 Å². The summed E-state index contributed by atoms with van der Waals surface area (Å²) in [6, 6.07) is 4.56. The summed E-state index contributed by atoms with van der Waals surface area (Å²) in [6.07, 6.45) is 1.65. The standard InChI is InChI=1S/C12H11BrFN3O2/c1-17-7(4-5-16-17)6-15-9-3-2-8(12(18)19)10(13)11(9)14/h2-5,15H,6H2,1H3,(H,18,19). The van der Waals surface area contributed by atoms with Crippen molar-refractivity contribution in [3.63, 3.8) is 0 Å². The van der Waals surface area contributed by atoms with Crippen LogP contribution in [0.15, 0.2) is 28.9 Å². The third-order valence-electron chi connectivity index (χ3n) is 2.70. The molecule has 0 unspecified atom stereocenters. The number of carbonyl (C=O) groups is 1. The zero-order valence-corrected chi connectivity index (χ0v) is 11.6. The van der Waals surface area contributed by atoms with Crippen LogP contribution in [0, 0.1) is 5.82 Å². The van der Waals surface area contributed by atoms with E-state index in [1.54, 1.807) is 17.9 Å². The Balaban J connectivity index is 2.20. The lowest BCUT2D eigenvalue weighted by molar-refractivity contribution is 0.0695. The first-order valence-electron chi connectivity index (χ1n) is 5.42. The number of hydrogen-bond acceptors (Lipinski definition) is 3. The molecular formula is C12H11BrFN3O2. The van der Waals surface area contributed by atoms with Gasteiger partial charge in [-0.1, -0.05) is 0 Å². The van der Waals surface area contributed by atoms with Crippen LogP contribution in [0.25, 0.3) is 0 Å². The number of benzene rings is 1. The van der Waals surface area contributed by atoms with Gasteiger partial charge in [0, 0.05) is 13.2 Å². The van der Waals surface area contributed by atoms with Crippen LogP contribution in [0.3, 0.4) is 0 Å². The average Bonchev–Trinajstić information content (AvgIpc) is 2.76. The Morgan fingerprint density at radius 3 is 2.84 bits per heavy atom. The van der Waals surface area contributed by atoms with Gasteiger partial charge in [-0.2, -0.15) is 5.10 Å². The third-order valence-corrected chi connectivity index (χ3v) is 3.47. The van der Waals surface area contributed by atoms with Gasteiger partial charge in [-0.25, -0.2) is 9.18 Å². The van der Waals surface area contributed by atoms with Gasteiger partial charge in [-0.15, -0.1) is 0 Å². The topological polar surface area (TPSA) is 67.2 Å². The van der Waals surface area contributed by atoms with Crippen molar-refractivity contribution in [3.05, 3.63) is 45.9 Å². The quantitative estimate of drug-likeness (QED) is 0.905. The second-order valence-corrected chi connectivity index (χ2v) is 4.69. The molecule has 1 aromatic carbocycles. The first-order chi connectivity index (χ1) is 9.00. The first-order valence-corrected chi connectivity index (χ1v) is 6.22. The number of aromatic nitrogens is 2. The molecule has 0 spiro atoms. The van der Waals surface area contributed by atoms with E-state index in [2.05, 4.69) is 26.3 Å². The van der Waals surface area contributed by atoms with Gasteiger partial charge in [0.25, 0.3) is 0 Å². The highest BCUT2D eigenvalue weighted by Crippen LogP contribution is 2.27. The van der Waals surface area contributed by atoms with Gasteiger partial charge < -0.3 is 10.4 Å². The molecule has 2 N–H and O–H groups in total. The second kappa shape index (κ2) is 5.40. The Morgan fingerprint density at radius 1 is 1.53 bits per heavy atom. The van der Waals surface area contributed by atoms with Crippen LogP contribution in [0.2, 0.25) is 0 Å². The lowest BCUT2D eigenvalue weighted by Gasteiger charge is -2.10. The third kappa shape index (κ3) is 2.76. The van der Waals surface area contributed by atoms with Crippen LogP contribution in [0.1, 0.15) is 16.1 Å². The molecule has 0 amide bonds. The number of anilines is 1. The lowest BCUT2D eigenvalue weighted by atomic mass is 10.2. The first kappa shape index (κ1) is 13.5. The molecule has 7 heteroatoms. The zero-order chi connectivity index (χ0) is 14.0. The number of carboxylic acids is 1. The van der Waals surface area contributed by atoms with E-state index in [-0.39, 0.29) is 15.7 Å². The van der Waals surface area contributed by atoms with Gasteiger partial charge in [0.2, 0.25) is 0 Å². The summed E-state index contributed by atoms with van der Waals surface area (Å²) in [6.45, 7) is 0.395. The lowest BCUT2D eigenvalue weighted by Crippen LogP contribution is -2.08. The number of aromatic carboxylic acids is 1. The Bertz CT molecular complexity index is 627. The molecule has 5 nitrogen and oxygen atoms in total. The maximum Gasteiger partial charge on any atom is 0.336 e. The highest BCUT2D eigenvalue weighted by molar-refractivity contribution is 9.10. The molecule has 0 aliphatic rings. The average molecular weight is 328 g/mol. The number of nitrogens with one attached hydrogen (secondary N) is 1. The molecule has 2 rings (SSSR count). The van der Waals surface area contributed by atoms with E-state index in [1.807, 2.05) is 6.07 Å². The van der Waals surface area contributed by atoms with E-state index >= 15 is 0 Å². The maximum absolute atomic E-state index is 14.0. The van der Waals surface area contributed by atoms with Gasteiger partial charge >= 0.3 is 5.97 Å². The Labute approximate surface area is 117 Å². The van der Waals surface area contributed by atoms with Crippen LogP contribution in [0.4, 0.5) is 10.1 Å². The molecule has 1 heterocycles. The molecule has 0 fully saturated rings. The molecule has 0 atom stereocenters. The van der Waals surface area contributed by atoms with Crippen LogP contribution in [-0.2, 0) is 13.6 Å². The maximum atomic E-state index is 14.0. The zero-order valence-electron chi connectivity index (χ0n) is 10.0. The molecule has 0 saturated heterocycles. The van der Waals surface area contributed by atoms with Crippen molar-refractivity contribution < 1.29 is 14.3 Å². The molecule has 2 aromatic rings. The van der Waals surface area contributed by atoms with Crippen molar-refractivity contribution in [3.8, 4) is 0 Å². The largest absolute Gasteiger partial charge is 0.478 e. The van der Waals surface area contributed by atoms with E-state index in [4.69, 9.17) is 5.11 Å². The van der Waals surface area contributed by atoms with Crippen molar-refractivity contribution in [2.45, 2.75) is 6.54 Å². The summed E-state index contributed by atoms with van der Waals surface area (Å²) in [7, 11) is 1.79. The summed E-state index contributed by atoms with van der Waals surface area (Å²) >= 11 is 2.95. The number of hydrogen-bond donors (Lipinski definition) is 2. The van der Waals surface area contributed by atoms with E-state index in [9.17, 15) is 9.18 Å². The van der Waals surface area contributed by atoms with Crippen molar-refractivity contribution in [2.75, 3.05) is 5.32 Å². The fraction of sp³-hybridized carbons (Fsp3) is 0.167. The van der Waals surface area contributed by atoms with Crippen molar-refractivity contribution >= 4 is 27.6 Å². The van der Waals surface area contributed by atoms with Gasteiger partial charge in [0.1, 0.15) is 0 Å². The molecule has 19 heavy (non-hydrogen) atoms. The molecule has 0 radical (unpaired) electrons. The molecule has 0 aliphatic carbocycles. The number of aryl methyl sites for hydroxylation is 1. The molecule has 0 saturated carbocycles. The Kier molecular flexibility index (Phi) is 3.84. The van der Waals surface area contributed by atoms with Crippen molar-refractivity contribution in [1.82, 2.24) is 9.78 Å². The number of halogens is 2. The number of carboxylic acid groups (broad SMARTS) is 1. The van der Waals surface area contributed by atoms with Crippen molar-refractivity contribution in [1.29, 1.82) is 0 Å². The minimum absolute atomic E-state index is 0.0602. The molecular weight excluding hydrogens is 317 g/mol. The molecule has 1 aromatic heterocycles. The summed E-state index contributed by atoms with van der Waals surface area (Å²) in [4.78, 5) is 10.8. The van der Waals surface area contributed by atoms with Gasteiger partial charge in [-0.05, 0) is 34.1 Å². The monoisotopic (exact) mass is 327 g/mol. The van der Waals surface area contributed by atoms with Crippen LogP contribution < -0.4 is 5.32 Å². The summed E-state index contributed by atoms with van der Waals surface area (Å²) < 4.78 is 15.6. The SMILES string of the molecule is Cn1nccc1CNc1ccc(C(=O)O)c(Br)c1F. The van der Waals surface area contributed by atoms with Gasteiger partial charge in [0.15, 0.2) is 5.82 Å². The normalized spacial score (nSPS) is 10.5. The molecule has 100 valence electrons. The van der Waals surface area contributed by atoms with Crippen LogP contribution in [-0.4, -0.2) is 20.9 Å². The molecule has 0 aliphatic heterocycles. The summed E-state index contributed by atoms with van der Waals surface area (Å²) in [5.41, 5.74) is 1.01. The van der Waals surface area contributed by atoms with Crippen LogP contribution in [0.5, 0.6) is 0 Å². The van der Waals surface area contributed by atoms with E-state index in [1.165, 1.54) is 12.1 Å². The minimum atomic E-state index is -1.18. The summed E-state index contributed by atoms with van der Waals surface area (Å²) in [5, 5.41) is 15.8. The van der Waals surface area contributed by atoms with Gasteiger partial charge in [0.05, 0.1) is 28.0 Å². The minimum Gasteiger partial charge on any atom is -0.478 e. The smallest absolute Gasteiger partial charge is 0.336 e. The predicted octanol–water partition coefficient (Wildman–Crippen LogP) is 2.63. The number of rotatable bonds is 4. The predicted molar refractivity (Wildman–Crippen MR) is 71.6 cm³/mol. The Morgan fingerprint density at radius 2 is 2.26 bits per heavy atom. The highest BCUT2D eigenvalue weighted by Gasteiger charge is 2.15. The van der Waals surface area contributed by atoms with E-state index in [0.29, 0.717) is 6.54 Å². The molecule has 0 bridgehead atoms. The summed E-state index contributed by atoms with van der Waals surface area (Å²) in [5.74, 6) is -1.80. The van der Waals surface area contributed by atoms with Crippen LogP contribution >= 0.6 is 15.9 Å². The van der Waals surface area contributed by atoms with Gasteiger partial charge in [-0.3, -0.25) is 4.68 Å². The Hall–Kier alpha value is -1.89.